The molecule has 93 heavy (non-hydrogen) atoms. The van der Waals surface area contributed by atoms with E-state index in [1.807, 2.05) is 60.7 Å². The van der Waals surface area contributed by atoms with Crippen LogP contribution in [0.15, 0.2) is 201 Å². The molecule has 1 fully saturated rings. The van der Waals surface area contributed by atoms with E-state index in [-0.39, 0.29) is 125 Å². The molecule has 8 aromatic rings. The summed E-state index contributed by atoms with van der Waals surface area (Å²) in [6.07, 6.45) is 2.17. The van der Waals surface area contributed by atoms with E-state index in [1.165, 1.54) is 70.5 Å². The van der Waals surface area contributed by atoms with Crippen molar-refractivity contribution in [2.24, 2.45) is 0 Å². The van der Waals surface area contributed by atoms with E-state index >= 15 is 0 Å². The second-order valence-corrected chi connectivity index (χ2v) is 22.2. The summed E-state index contributed by atoms with van der Waals surface area (Å²) in [5.41, 5.74) is -1.72. The number of amides is 6. The van der Waals surface area contributed by atoms with Gasteiger partial charge in [0.15, 0.2) is 0 Å². The summed E-state index contributed by atoms with van der Waals surface area (Å²) in [5, 5.41) is 11.4. The normalized spacial score (nSPS) is 16.2. The summed E-state index contributed by atoms with van der Waals surface area (Å²) >= 11 is 0. The highest BCUT2D eigenvalue weighted by Crippen LogP contribution is 2.21. The van der Waals surface area contributed by atoms with Gasteiger partial charge in [-0.25, -0.2) is 0 Å². The van der Waals surface area contributed by atoms with Crippen molar-refractivity contribution in [1.82, 2.24) is 50.0 Å². The number of hydrogen-bond acceptors (Lipinski definition) is 14. The Morgan fingerprint density at radius 2 is 0.688 bits per heavy atom. The summed E-state index contributed by atoms with van der Waals surface area (Å²) in [4.78, 5) is 169. The molecular weight excluding hydrogens is 1190 g/mol. The number of aromatic nitrogens is 4. The Bertz CT molecular complexity index is 3930. The van der Waals surface area contributed by atoms with Gasteiger partial charge in [-0.1, -0.05) is 133 Å². The first kappa shape index (κ1) is 64.7. The molecule has 480 valence electrons. The van der Waals surface area contributed by atoms with Crippen LogP contribution in [0.5, 0.6) is 0 Å². The van der Waals surface area contributed by atoms with Gasteiger partial charge in [0.1, 0.15) is 60.3 Å². The van der Waals surface area contributed by atoms with Crippen molar-refractivity contribution >= 4 is 35.4 Å². The third-order valence-corrected chi connectivity index (χ3v) is 15.7. The zero-order chi connectivity index (χ0) is 65.1. The number of carbonyl (C=O) groups excluding carboxylic acids is 6. The van der Waals surface area contributed by atoms with E-state index in [1.54, 1.807) is 60.7 Å². The molecule has 0 radical (unpaired) electrons. The fourth-order valence-electron chi connectivity index (χ4n) is 10.8. The molecule has 4 aliphatic rings. The highest BCUT2D eigenvalue weighted by Gasteiger charge is 2.33. The third kappa shape index (κ3) is 16.6. The molecule has 3 aliphatic heterocycles. The van der Waals surface area contributed by atoms with E-state index in [4.69, 9.17) is 19.4 Å². The smallest absolute Gasteiger partial charge is 0.296 e. The SMILES string of the molecule is O=C1N[C@H]2CCC[C@H]2NC(=O)c2ccc(n(OCc3ccccc3)c2=O)C(=O)NCCCN(C(=O)c2cccc(=O)n2OCc2ccccc2)CCCCN(C(=O)c2cccc(=O)n2OCc2ccccc2)CCCNC(=O)c2ccc1c(=O)n2OCc1ccccc1. The average Bonchev–Trinajstić information content (AvgIpc) is 1.67. The number of carbonyl (C=O) groups is 6. The Hall–Kier alpha value is -11.3. The van der Waals surface area contributed by atoms with Crippen molar-refractivity contribution in [2.45, 2.75) is 83.5 Å². The van der Waals surface area contributed by atoms with Crippen molar-refractivity contribution in [2.75, 3.05) is 39.3 Å². The van der Waals surface area contributed by atoms with E-state index in [0.29, 0.717) is 30.4 Å². The zero-order valence-electron chi connectivity index (χ0n) is 50.9. The van der Waals surface area contributed by atoms with Gasteiger partial charge in [-0.3, -0.25) is 47.9 Å². The van der Waals surface area contributed by atoms with Gasteiger partial charge in [0.2, 0.25) is 0 Å². The van der Waals surface area contributed by atoms with Gasteiger partial charge < -0.3 is 50.4 Å². The van der Waals surface area contributed by atoms with Gasteiger partial charge >= 0.3 is 0 Å². The van der Waals surface area contributed by atoms with Crippen LogP contribution in [0.3, 0.4) is 0 Å². The number of pyridine rings is 4. The Labute approximate surface area is 533 Å². The second kappa shape index (κ2) is 31.4. The quantitative estimate of drug-likeness (QED) is 0.119. The summed E-state index contributed by atoms with van der Waals surface area (Å²) in [6, 6.07) is 47.8. The molecule has 4 N–H and O–H groups in total. The third-order valence-electron chi connectivity index (χ3n) is 15.7. The van der Waals surface area contributed by atoms with Crippen LogP contribution >= 0.6 is 0 Å². The van der Waals surface area contributed by atoms with E-state index in [0.717, 1.165) is 30.0 Å². The Kier molecular flexibility index (Phi) is 21.9. The van der Waals surface area contributed by atoms with Gasteiger partial charge in [0, 0.05) is 63.5 Å². The largest absolute Gasteiger partial charge is 0.405 e. The number of hydrogen-bond donors (Lipinski definition) is 4. The first-order valence-electron chi connectivity index (χ1n) is 30.7. The maximum absolute atomic E-state index is 14.8. The Balaban J connectivity index is 0.973. The first-order chi connectivity index (χ1) is 45.3. The number of nitrogens with zero attached hydrogens (tertiary/aromatic N) is 6. The van der Waals surface area contributed by atoms with E-state index in [2.05, 4.69) is 21.3 Å². The van der Waals surface area contributed by atoms with Crippen LogP contribution in [0.4, 0.5) is 0 Å². The molecule has 1 saturated carbocycles. The topological polar surface area (TPSA) is 282 Å². The maximum atomic E-state index is 14.8. The standard InChI is InChI=1S/C69H70N10O14/c80-60-32-16-30-58(76(60)90-44-48-20-5-1-6-21-48)68(88)74-40-13-14-41-75(69(89)59-31-17-33-61(81)77(59)91-45-49-22-7-2-8-23-49)43-19-39-71-65(85)57-37-35-53(67(87)79(57)93-47-51-26-11-4-12-27-51)63(83)73-55-29-15-28-54(55)72-62(82)52-34-36-56(64(84)70-38-18-42-74)78(66(52)86)92-46-50-24-9-3-10-25-50/h1-12,16-17,20-27,30-37,54-55H,13-15,18-19,28-29,38-47H2,(H,70,84)(H,71,85)(H,72,82)(H,73,83)/t54-,55+. The van der Waals surface area contributed by atoms with E-state index < -0.39 is 69.8 Å². The van der Waals surface area contributed by atoms with Crippen LogP contribution in [0.1, 0.15) is 130 Å². The minimum atomic E-state index is -0.954. The highest BCUT2D eigenvalue weighted by molar-refractivity contribution is 5.98. The molecule has 24 heteroatoms. The zero-order valence-corrected chi connectivity index (χ0v) is 50.9. The number of rotatable bonds is 14. The number of benzene rings is 4. The van der Waals surface area contributed by atoms with Crippen LogP contribution in [-0.2, 0) is 26.4 Å². The van der Waals surface area contributed by atoms with Crippen LogP contribution < -0.4 is 62.9 Å². The lowest BCUT2D eigenvalue weighted by atomic mass is 10.1. The molecule has 4 aromatic carbocycles. The molecule has 2 atom stereocenters. The Morgan fingerprint density at radius 1 is 0.355 bits per heavy atom. The summed E-state index contributed by atoms with van der Waals surface area (Å²) in [5.74, 6) is -4.28. The first-order valence-corrected chi connectivity index (χ1v) is 30.7. The predicted octanol–water partition coefficient (Wildman–Crippen LogP) is 4.25. The minimum Gasteiger partial charge on any atom is -0.405 e. The molecule has 1 aliphatic carbocycles. The molecule has 7 heterocycles. The van der Waals surface area contributed by atoms with Gasteiger partial charge in [-0.2, -0.15) is 0 Å². The highest BCUT2D eigenvalue weighted by atomic mass is 16.7. The maximum Gasteiger partial charge on any atom is 0.296 e. The second-order valence-electron chi connectivity index (χ2n) is 22.2. The van der Waals surface area contributed by atoms with Crippen molar-refractivity contribution in [3.05, 3.63) is 280 Å². The summed E-state index contributed by atoms with van der Waals surface area (Å²) in [6.45, 7) is -0.343. The molecule has 0 saturated heterocycles. The van der Waals surface area contributed by atoms with Crippen LogP contribution in [-0.4, -0.2) is 116 Å². The molecule has 6 amide bonds. The van der Waals surface area contributed by atoms with Crippen molar-refractivity contribution < 1.29 is 48.1 Å². The Morgan fingerprint density at radius 3 is 1.04 bits per heavy atom. The molecule has 12 rings (SSSR count). The average molecular weight is 1260 g/mol. The van der Waals surface area contributed by atoms with E-state index in [9.17, 15) is 47.9 Å². The lowest BCUT2D eigenvalue weighted by molar-refractivity contribution is 0.0557. The predicted molar refractivity (Wildman–Crippen MR) is 341 cm³/mol. The number of nitrogens with one attached hydrogen (secondary N) is 4. The molecule has 0 spiro atoms. The van der Waals surface area contributed by atoms with Crippen molar-refractivity contribution in [1.29, 1.82) is 0 Å². The number of fused-ring (bicyclic) bond motifs is 2. The van der Waals surface area contributed by atoms with Gasteiger partial charge in [0.05, 0.1) is 0 Å². The summed E-state index contributed by atoms with van der Waals surface area (Å²) < 4.78 is 3.38. The van der Waals surface area contributed by atoms with Crippen molar-refractivity contribution in [3.63, 3.8) is 0 Å². The minimum absolute atomic E-state index is 0.0190. The molecule has 4 aromatic heterocycles. The van der Waals surface area contributed by atoms with Crippen LogP contribution in [0.2, 0.25) is 0 Å². The van der Waals surface area contributed by atoms with Crippen LogP contribution in [0, 0.1) is 0 Å². The summed E-state index contributed by atoms with van der Waals surface area (Å²) in [7, 11) is 0. The van der Waals surface area contributed by atoms with Gasteiger partial charge in [0.25, 0.3) is 57.7 Å². The molecule has 4 bridgehead atoms. The lowest BCUT2D eigenvalue weighted by Crippen LogP contribution is -2.51. The van der Waals surface area contributed by atoms with Gasteiger partial charge in [-0.05, 0) is 104 Å². The van der Waals surface area contributed by atoms with Gasteiger partial charge in [-0.15, -0.1) is 18.9 Å². The molecule has 24 nitrogen and oxygen atoms in total. The monoisotopic (exact) mass is 1260 g/mol. The van der Waals surface area contributed by atoms with Crippen LogP contribution in [0.25, 0.3) is 0 Å². The lowest BCUT2D eigenvalue weighted by Gasteiger charge is -2.26. The molecular formula is C69H70N10O14. The molecule has 0 unspecified atom stereocenters. The fraction of sp³-hybridized carbons (Fsp3) is 0.275. The van der Waals surface area contributed by atoms with Crippen molar-refractivity contribution in [3.8, 4) is 0 Å². The fourth-order valence-corrected chi connectivity index (χ4v) is 10.8.